The Labute approximate surface area is 371 Å². The van der Waals surface area contributed by atoms with Crippen molar-refractivity contribution in [1.29, 1.82) is 0 Å². The molecular weight excluding hydrogens is 817 g/mol. The molecule has 2 fully saturated rings. The lowest BCUT2D eigenvalue weighted by Crippen LogP contribution is -2.49. The van der Waals surface area contributed by atoms with E-state index in [1.807, 2.05) is 26.0 Å². The lowest BCUT2D eigenvalue weighted by Gasteiger charge is -2.58. The molecular formula is C48H54N8O8. The molecule has 2 aromatic heterocycles. The van der Waals surface area contributed by atoms with Crippen LogP contribution in [0.5, 0.6) is 0 Å². The van der Waals surface area contributed by atoms with Gasteiger partial charge in [0.25, 0.3) is 23.4 Å². The molecule has 0 saturated heterocycles. The van der Waals surface area contributed by atoms with E-state index < -0.39 is 35.3 Å². The van der Waals surface area contributed by atoms with E-state index in [2.05, 4.69) is 48.0 Å². The molecule has 2 aromatic carbocycles. The van der Waals surface area contributed by atoms with E-state index in [4.69, 9.17) is 9.47 Å². The maximum atomic E-state index is 13.9. The highest BCUT2D eigenvalue weighted by Gasteiger charge is 2.52. The summed E-state index contributed by atoms with van der Waals surface area (Å²) in [5.74, 6) is -3.02. The molecule has 334 valence electrons. The van der Waals surface area contributed by atoms with Gasteiger partial charge >= 0.3 is 11.9 Å². The van der Waals surface area contributed by atoms with Crippen molar-refractivity contribution in [3.8, 4) is 0 Å². The van der Waals surface area contributed by atoms with Gasteiger partial charge in [-0.15, -0.1) is 10.2 Å². The molecule has 4 aliphatic rings. The Hall–Kier alpha value is -6.58. The molecule has 3 atom stereocenters. The Morgan fingerprint density at radius 3 is 1.89 bits per heavy atom. The van der Waals surface area contributed by atoms with Crippen molar-refractivity contribution in [2.45, 2.75) is 106 Å². The smallest absolute Gasteiger partial charge is 0.334 e. The normalized spacial score (nSPS) is 21.6. The zero-order chi connectivity index (χ0) is 45.5. The third-order valence-electron chi connectivity index (χ3n) is 13.8. The summed E-state index contributed by atoms with van der Waals surface area (Å²) in [6.45, 7) is 15.7. The van der Waals surface area contributed by atoms with Crippen molar-refractivity contribution >= 4 is 46.7 Å². The second kappa shape index (κ2) is 17.5. The van der Waals surface area contributed by atoms with Crippen molar-refractivity contribution in [3.05, 3.63) is 106 Å². The van der Waals surface area contributed by atoms with E-state index in [1.54, 1.807) is 42.7 Å². The Bertz CT molecular complexity index is 2610. The van der Waals surface area contributed by atoms with Gasteiger partial charge in [0.05, 0.1) is 54.4 Å². The molecule has 0 radical (unpaired) electrons. The summed E-state index contributed by atoms with van der Waals surface area (Å²) >= 11 is 0. The Morgan fingerprint density at radius 2 is 1.33 bits per heavy atom. The van der Waals surface area contributed by atoms with Crippen molar-refractivity contribution in [1.82, 2.24) is 30.0 Å². The number of benzene rings is 2. The fourth-order valence-corrected chi connectivity index (χ4v) is 10.5. The first-order chi connectivity index (χ1) is 30.5. The summed E-state index contributed by atoms with van der Waals surface area (Å²) in [6, 6.07) is 10.6. The Balaban J connectivity index is 0.909. The number of carbonyl (C=O) groups excluding carboxylic acids is 6. The monoisotopic (exact) mass is 870 g/mol. The minimum Gasteiger partial charge on any atom is -0.459 e. The molecule has 0 bridgehead atoms. The highest BCUT2D eigenvalue weighted by atomic mass is 16.5. The Kier molecular flexibility index (Phi) is 12.1. The van der Waals surface area contributed by atoms with E-state index >= 15 is 0 Å². The first-order valence-electron chi connectivity index (χ1n) is 21.9. The van der Waals surface area contributed by atoms with Gasteiger partial charge in [-0.2, -0.15) is 0 Å². The SMILES string of the molecule is C=C1CC[C@H]2C(C)(C)CCC[C@]2(C)[C@H]1C/C=C(\CC(=O)OCc1cn(CCN2C(=O)C(=O)c3cc(C)ccc32)nn1)C(=O)OCc1cn(CCN2C(=O)C(=O)c3cc(C)ccc32)nn1. The van der Waals surface area contributed by atoms with Gasteiger partial charge in [-0.25, -0.2) is 4.79 Å². The number of amides is 2. The summed E-state index contributed by atoms with van der Waals surface area (Å²) < 4.78 is 14.4. The van der Waals surface area contributed by atoms with Crippen LogP contribution < -0.4 is 9.80 Å². The predicted molar refractivity (Wildman–Crippen MR) is 234 cm³/mol. The molecule has 0 unspecified atom stereocenters. The molecule has 16 heteroatoms. The van der Waals surface area contributed by atoms with Gasteiger partial charge in [0.15, 0.2) is 0 Å². The highest BCUT2D eigenvalue weighted by molar-refractivity contribution is 6.52. The number of allylic oxidation sites excluding steroid dienone is 2. The Morgan fingerprint density at radius 1 is 0.781 bits per heavy atom. The number of anilines is 2. The molecule has 64 heavy (non-hydrogen) atoms. The van der Waals surface area contributed by atoms with Crippen molar-refractivity contribution in [2.75, 3.05) is 22.9 Å². The van der Waals surface area contributed by atoms with Crippen LogP contribution in [0.3, 0.4) is 0 Å². The van der Waals surface area contributed by atoms with E-state index in [9.17, 15) is 28.8 Å². The summed E-state index contributed by atoms with van der Waals surface area (Å²) in [6.07, 6.45) is 10.5. The van der Waals surface area contributed by atoms with E-state index in [1.165, 1.54) is 25.6 Å². The molecule has 16 nitrogen and oxygen atoms in total. The van der Waals surface area contributed by atoms with Crippen LogP contribution in [0.4, 0.5) is 11.4 Å². The zero-order valence-electron chi connectivity index (χ0n) is 37.1. The van der Waals surface area contributed by atoms with Crippen LogP contribution in [0.25, 0.3) is 0 Å². The number of Topliss-reactive ketones (excluding diaryl/α,β-unsaturated/α-hetero) is 2. The molecule has 2 saturated carbocycles. The summed E-state index contributed by atoms with van der Waals surface area (Å²) in [5.41, 5.74) is 5.85. The highest BCUT2D eigenvalue weighted by Crippen LogP contribution is 2.61. The fraction of sp³-hybridized carbons (Fsp3) is 0.458. The van der Waals surface area contributed by atoms with Crippen molar-refractivity contribution in [2.24, 2.45) is 22.7 Å². The number of aryl methyl sites for hydroxylation is 2. The van der Waals surface area contributed by atoms with Crippen molar-refractivity contribution in [3.63, 3.8) is 0 Å². The number of nitrogens with zero attached hydrogens (tertiary/aromatic N) is 8. The lowest BCUT2D eigenvalue weighted by atomic mass is 9.47. The molecule has 2 aliphatic carbocycles. The first kappa shape index (κ1) is 44.0. The molecule has 0 spiro atoms. The number of ketones is 2. The standard InChI is InChI=1S/C48H54N8O8/c1-29-8-13-38-35(22-29)42(58)44(60)55(38)20-18-53-25-33(49-51-53)27-63-41(57)24-32(11-12-37-31(3)10-15-40-47(4,5)16-7-17-48(37,40)6)46(62)64-28-34-26-54(52-50-34)19-21-56-39-14-9-30(2)23-36(39)43(59)45(56)61/h8-9,11,13-14,22-23,25-26,37,40H,3,7,10,12,15-21,24,27-28H2,1-2,4-6H3/b32-11+/t37-,40-,48+/m0/s1. The number of carbonyl (C=O) groups is 6. The van der Waals surface area contributed by atoms with Crippen LogP contribution in [0, 0.1) is 36.5 Å². The zero-order valence-corrected chi connectivity index (χ0v) is 37.1. The summed E-state index contributed by atoms with van der Waals surface area (Å²) in [4.78, 5) is 80.7. The summed E-state index contributed by atoms with van der Waals surface area (Å²) in [7, 11) is 0. The van der Waals surface area contributed by atoms with Gasteiger partial charge in [-0.3, -0.25) is 33.3 Å². The van der Waals surface area contributed by atoms with Crippen LogP contribution in [0.1, 0.15) is 109 Å². The molecule has 2 aliphatic heterocycles. The van der Waals surface area contributed by atoms with Crippen LogP contribution >= 0.6 is 0 Å². The second-order valence-electron chi connectivity index (χ2n) is 18.6. The number of aromatic nitrogens is 6. The minimum absolute atomic E-state index is 0.0125. The van der Waals surface area contributed by atoms with Gasteiger partial charge in [-0.05, 0) is 92.9 Å². The van der Waals surface area contributed by atoms with Crippen LogP contribution in [-0.2, 0) is 55.0 Å². The molecule has 0 N–H and O–H groups in total. The number of ether oxygens (including phenoxy) is 2. The number of rotatable bonds is 15. The molecule has 4 heterocycles. The van der Waals surface area contributed by atoms with Gasteiger partial charge in [0, 0.05) is 18.7 Å². The number of hydrogen-bond donors (Lipinski definition) is 0. The van der Waals surface area contributed by atoms with E-state index in [0.717, 1.165) is 42.4 Å². The van der Waals surface area contributed by atoms with Crippen LogP contribution in [-0.4, -0.2) is 78.4 Å². The van der Waals surface area contributed by atoms with Crippen molar-refractivity contribution < 1.29 is 38.2 Å². The van der Waals surface area contributed by atoms with Gasteiger partial charge in [0.2, 0.25) is 0 Å². The predicted octanol–water partition coefficient (Wildman–Crippen LogP) is 6.24. The minimum atomic E-state index is -0.690. The number of hydrogen-bond acceptors (Lipinski definition) is 12. The third kappa shape index (κ3) is 8.69. The van der Waals surface area contributed by atoms with Gasteiger partial charge in [0.1, 0.15) is 24.6 Å². The molecule has 8 rings (SSSR count). The number of esters is 2. The number of fused-ring (bicyclic) bond motifs is 3. The largest absolute Gasteiger partial charge is 0.459 e. The fourth-order valence-electron chi connectivity index (χ4n) is 10.5. The third-order valence-corrected chi connectivity index (χ3v) is 13.8. The quantitative estimate of drug-likeness (QED) is 0.0567. The summed E-state index contributed by atoms with van der Waals surface area (Å²) in [5, 5.41) is 16.5. The average Bonchev–Trinajstić information content (AvgIpc) is 4.02. The van der Waals surface area contributed by atoms with E-state index in [0.29, 0.717) is 46.2 Å². The first-order valence-corrected chi connectivity index (χ1v) is 21.9. The second-order valence-corrected chi connectivity index (χ2v) is 18.6. The lowest BCUT2D eigenvalue weighted by molar-refractivity contribution is -0.147. The average molecular weight is 871 g/mol. The molecule has 4 aromatic rings. The van der Waals surface area contributed by atoms with E-state index in [-0.39, 0.29) is 68.1 Å². The molecule has 2 amide bonds. The van der Waals surface area contributed by atoms with Gasteiger partial charge < -0.3 is 19.3 Å². The maximum absolute atomic E-state index is 13.9. The topological polar surface area (TPSA) is 189 Å². The van der Waals surface area contributed by atoms with Gasteiger partial charge in [-0.1, -0.05) is 79.1 Å². The van der Waals surface area contributed by atoms with Crippen LogP contribution in [0.2, 0.25) is 0 Å². The van der Waals surface area contributed by atoms with Crippen LogP contribution in [0.15, 0.2) is 72.6 Å². The maximum Gasteiger partial charge on any atom is 0.334 e.